The Morgan fingerprint density at radius 3 is 2.85 bits per heavy atom. The average molecular weight is 195 g/mol. The van der Waals surface area contributed by atoms with Crippen LogP contribution in [0.1, 0.15) is 11.8 Å². The first kappa shape index (κ1) is 8.51. The third-order valence-corrected chi connectivity index (χ3v) is 3.26. The van der Waals surface area contributed by atoms with Gasteiger partial charge in [-0.05, 0) is 24.6 Å². The van der Waals surface area contributed by atoms with Crippen molar-refractivity contribution in [3.63, 3.8) is 0 Å². The van der Waals surface area contributed by atoms with Gasteiger partial charge in [-0.1, -0.05) is 6.92 Å². The number of hydrogen-bond acceptors (Lipinski definition) is 2. The molecule has 0 saturated heterocycles. The normalized spacial score (nSPS) is 10.9. The topological polar surface area (TPSA) is 26.0 Å². The van der Waals surface area contributed by atoms with Gasteiger partial charge in [0, 0.05) is 20.7 Å². The van der Waals surface area contributed by atoms with E-state index in [1.165, 1.54) is 17.0 Å². The first-order valence-corrected chi connectivity index (χ1v) is 5.00. The van der Waals surface area contributed by atoms with Crippen LogP contribution in [0.15, 0.2) is 18.2 Å². The molecule has 0 aliphatic carbocycles. The minimum atomic E-state index is -0.255. The van der Waals surface area contributed by atoms with E-state index in [9.17, 15) is 4.39 Å². The number of aryl methyl sites for hydroxylation is 1. The van der Waals surface area contributed by atoms with Gasteiger partial charge >= 0.3 is 0 Å². The van der Waals surface area contributed by atoms with Crippen molar-refractivity contribution >= 4 is 27.1 Å². The monoisotopic (exact) mass is 195 g/mol. The summed E-state index contributed by atoms with van der Waals surface area (Å²) in [5, 5.41) is 0.975. The number of hydrogen-bond donors (Lipinski definition) is 1. The highest BCUT2D eigenvalue weighted by atomic mass is 32.1. The van der Waals surface area contributed by atoms with E-state index in [0.717, 1.165) is 16.5 Å². The van der Waals surface area contributed by atoms with Gasteiger partial charge in [-0.15, -0.1) is 11.3 Å². The summed E-state index contributed by atoms with van der Waals surface area (Å²) in [6.07, 6.45) is 0.973. The number of halogens is 1. The summed E-state index contributed by atoms with van der Waals surface area (Å²) in [4.78, 5) is 1.24. The first-order valence-electron chi connectivity index (χ1n) is 4.18. The zero-order chi connectivity index (χ0) is 9.42. The van der Waals surface area contributed by atoms with Gasteiger partial charge in [-0.2, -0.15) is 0 Å². The fourth-order valence-electron chi connectivity index (χ4n) is 1.36. The summed E-state index contributed by atoms with van der Waals surface area (Å²) in [6.45, 7) is 2.08. The maximum Gasteiger partial charge on any atom is 0.126 e. The fraction of sp³-hybridized carbons (Fsp3) is 0.200. The van der Waals surface area contributed by atoms with E-state index in [1.807, 2.05) is 6.07 Å². The molecule has 0 bridgehead atoms. The number of thiophene rings is 1. The molecular weight excluding hydrogens is 185 g/mol. The van der Waals surface area contributed by atoms with Gasteiger partial charge in [-0.3, -0.25) is 0 Å². The second-order valence-electron chi connectivity index (χ2n) is 2.97. The highest BCUT2D eigenvalue weighted by molar-refractivity contribution is 7.19. The van der Waals surface area contributed by atoms with Crippen LogP contribution in [0.3, 0.4) is 0 Å². The third-order valence-electron chi connectivity index (χ3n) is 2.03. The van der Waals surface area contributed by atoms with E-state index in [-0.39, 0.29) is 5.82 Å². The molecule has 0 saturated carbocycles. The van der Waals surface area contributed by atoms with Crippen LogP contribution in [0, 0.1) is 5.82 Å². The maximum absolute atomic E-state index is 12.9. The second kappa shape index (κ2) is 3.00. The Bertz CT molecular complexity index is 447. The van der Waals surface area contributed by atoms with Crippen molar-refractivity contribution in [2.24, 2.45) is 0 Å². The molecule has 2 aromatic rings. The lowest BCUT2D eigenvalue weighted by atomic mass is 10.2. The van der Waals surface area contributed by atoms with Gasteiger partial charge in [-0.25, -0.2) is 4.39 Å². The van der Waals surface area contributed by atoms with Crippen LogP contribution in [0.4, 0.5) is 10.1 Å². The van der Waals surface area contributed by atoms with E-state index in [1.54, 1.807) is 11.3 Å². The van der Waals surface area contributed by atoms with E-state index >= 15 is 0 Å². The zero-order valence-electron chi connectivity index (χ0n) is 7.30. The molecular formula is C10H10FNS. The number of fused-ring (bicyclic) bond motifs is 1. The number of nitrogens with two attached hydrogens (primary N) is 1. The standard InChI is InChI=1S/C10H10FNS/c1-2-7-5-8-9(12)3-6(11)4-10(8)13-7/h3-5H,2,12H2,1H3. The molecule has 0 amide bonds. The average Bonchev–Trinajstić information content (AvgIpc) is 2.47. The van der Waals surface area contributed by atoms with Crippen molar-refractivity contribution in [3.05, 3.63) is 28.9 Å². The smallest absolute Gasteiger partial charge is 0.126 e. The number of benzene rings is 1. The summed E-state index contributed by atoms with van der Waals surface area (Å²) in [5.41, 5.74) is 6.23. The predicted molar refractivity (Wildman–Crippen MR) is 55.6 cm³/mol. The lowest BCUT2D eigenvalue weighted by molar-refractivity contribution is 0.630. The molecule has 2 N–H and O–H groups in total. The summed E-state index contributed by atoms with van der Waals surface area (Å²) in [5.74, 6) is -0.255. The third kappa shape index (κ3) is 1.40. The Morgan fingerprint density at radius 2 is 2.15 bits per heavy atom. The Balaban J connectivity index is 2.75. The van der Waals surface area contributed by atoms with Crippen LogP contribution in [-0.2, 0) is 6.42 Å². The molecule has 1 aromatic heterocycles. The van der Waals surface area contributed by atoms with Crippen molar-refractivity contribution < 1.29 is 4.39 Å². The van der Waals surface area contributed by atoms with Crippen LogP contribution in [0.25, 0.3) is 10.1 Å². The summed E-state index contributed by atoms with van der Waals surface area (Å²) >= 11 is 1.61. The number of nitrogen functional groups attached to an aromatic ring is 1. The predicted octanol–water partition coefficient (Wildman–Crippen LogP) is 3.19. The van der Waals surface area contributed by atoms with Crippen molar-refractivity contribution in [2.75, 3.05) is 5.73 Å². The van der Waals surface area contributed by atoms with Gasteiger partial charge < -0.3 is 5.73 Å². The Kier molecular flexibility index (Phi) is 1.96. The zero-order valence-corrected chi connectivity index (χ0v) is 8.12. The van der Waals surface area contributed by atoms with Crippen LogP contribution in [-0.4, -0.2) is 0 Å². The molecule has 13 heavy (non-hydrogen) atoms. The first-order chi connectivity index (χ1) is 6.20. The summed E-state index contributed by atoms with van der Waals surface area (Å²) in [7, 11) is 0. The lowest BCUT2D eigenvalue weighted by Gasteiger charge is -1.94. The largest absolute Gasteiger partial charge is 0.398 e. The molecule has 3 heteroatoms. The molecule has 2 rings (SSSR count). The minimum absolute atomic E-state index is 0.255. The van der Waals surface area contributed by atoms with E-state index in [4.69, 9.17) is 5.73 Å². The molecule has 0 spiro atoms. The molecule has 68 valence electrons. The molecule has 1 aromatic carbocycles. The molecule has 0 unspecified atom stereocenters. The summed E-state index contributed by atoms with van der Waals surface area (Å²) in [6, 6.07) is 4.94. The molecule has 0 aliphatic rings. The van der Waals surface area contributed by atoms with Crippen LogP contribution in [0.2, 0.25) is 0 Å². The Morgan fingerprint density at radius 1 is 1.38 bits per heavy atom. The van der Waals surface area contributed by atoms with Gasteiger partial charge in [0.2, 0.25) is 0 Å². The van der Waals surface area contributed by atoms with E-state index in [0.29, 0.717) is 5.69 Å². The fourth-order valence-corrected chi connectivity index (χ4v) is 2.42. The van der Waals surface area contributed by atoms with E-state index in [2.05, 4.69) is 6.92 Å². The Labute approximate surface area is 80.0 Å². The highest BCUT2D eigenvalue weighted by Gasteiger charge is 2.05. The van der Waals surface area contributed by atoms with Gasteiger partial charge in [0.25, 0.3) is 0 Å². The molecule has 1 nitrogen and oxygen atoms in total. The number of anilines is 1. The van der Waals surface area contributed by atoms with Crippen LogP contribution >= 0.6 is 11.3 Å². The van der Waals surface area contributed by atoms with Gasteiger partial charge in [0.05, 0.1) is 0 Å². The van der Waals surface area contributed by atoms with Crippen molar-refractivity contribution in [3.8, 4) is 0 Å². The Hall–Kier alpha value is -1.09. The molecule has 0 fully saturated rings. The lowest BCUT2D eigenvalue weighted by Crippen LogP contribution is -1.85. The number of rotatable bonds is 1. The van der Waals surface area contributed by atoms with Gasteiger partial charge in [0.15, 0.2) is 0 Å². The minimum Gasteiger partial charge on any atom is -0.398 e. The van der Waals surface area contributed by atoms with Gasteiger partial charge in [0.1, 0.15) is 5.82 Å². The van der Waals surface area contributed by atoms with Crippen molar-refractivity contribution in [1.82, 2.24) is 0 Å². The van der Waals surface area contributed by atoms with E-state index < -0.39 is 0 Å². The molecule has 0 radical (unpaired) electrons. The molecule has 1 heterocycles. The van der Waals surface area contributed by atoms with Crippen molar-refractivity contribution in [2.45, 2.75) is 13.3 Å². The van der Waals surface area contributed by atoms with Crippen LogP contribution in [0.5, 0.6) is 0 Å². The quantitative estimate of drug-likeness (QED) is 0.695. The highest BCUT2D eigenvalue weighted by Crippen LogP contribution is 2.30. The maximum atomic E-state index is 12.9. The van der Waals surface area contributed by atoms with Crippen LogP contribution < -0.4 is 5.73 Å². The second-order valence-corrected chi connectivity index (χ2v) is 4.14. The molecule has 0 atom stereocenters. The SMILES string of the molecule is CCc1cc2c(N)cc(F)cc2s1. The molecule has 0 aliphatic heterocycles. The summed E-state index contributed by atoms with van der Waals surface area (Å²) < 4.78 is 13.9. The van der Waals surface area contributed by atoms with Crippen molar-refractivity contribution in [1.29, 1.82) is 0 Å².